The van der Waals surface area contributed by atoms with Crippen molar-refractivity contribution < 1.29 is 13.7 Å². The van der Waals surface area contributed by atoms with E-state index in [1.165, 1.54) is 7.11 Å². The summed E-state index contributed by atoms with van der Waals surface area (Å²) in [6.45, 7) is 2.00. The molecule has 1 rings (SSSR count). The molecule has 0 bridgehead atoms. The van der Waals surface area contributed by atoms with Crippen LogP contribution in [0.5, 0.6) is 0 Å². The lowest BCUT2D eigenvalue weighted by molar-refractivity contribution is 0.0602. The molecule has 1 aromatic rings. The molecule has 0 spiro atoms. The zero-order valence-corrected chi connectivity index (χ0v) is 12.3. The average Bonchev–Trinajstić information content (AvgIpc) is 2.37. The Hall–Kier alpha value is -1.56. The van der Waals surface area contributed by atoms with Crippen molar-refractivity contribution in [2.24, 2.45) is 0 Å². The normalized spacial score (nSPS) is 13.6. The maximum atomic E-state index is 11.5. The summed E-state index contributed by atoms with van der Waals surface area (Å²) in [5.74, 6) is 0.191. The van der Waals surface area contributed by atoms with Crippen molar-refractivity contribution >= 4 is 28.1 Å². The number of benzene rings is 1. The van der Waals surface area contributed by atoms with Crippen molar-refractivity contribution in [3.05, 3.63) is 23.8 Å². The number of methoxy groups -OCH3 is 1. The number of carbonyl (C=O) groups excluding carboxylic acids is 1. The second kappa shape index (κ2) is 7.13. The summed E-state index contributed by atoms with van der Waals surface area (Å²) in [5.41, 5.74) is 7.26. The minimum Gasteiger partial charge on any atom is -0.465 e. The van der Waals surface area contributed by atoms with Crippen LogP contribution in [0.15, 0.2) is 18.2 Å². The number of hydrogen-bond donors (Lipinski definition) is 2. The van der Waals surface area contributed by atoms with Crippen LogP contribution in [0.25, 0.3) is 0 Å². The number of anilines is 2. The van der Waals surface area contributed by atoms with Crippen molar-refractivity contribution in [1.29, 1.82) is 0 Å². The molecular formula is C13H20N2O3S. The molecule has 19 heavy (non-hydrogen) atoms. The average molecular weight is 284 g/mol. The van der Waals surface area contributed by atoms with Gasteiger partial charge in [0.2, 0.25) is 0 Å². The fraction of sp³-hybridized carbons (Fsp3) is 0.462. The molecule has 6 heteroatoms. The summed E-state index contributed by atoms with van der Waals surface area (Å²) >= 11 is 0. The van der Waals surface area contributed by atoms with Crippen LogP contribution in [0.3, 0.4) is 0 Å². The molecule has 0 saturated heterocycles. The zero-order chi connectivity index (χ0) is 14.4. The highest BCUT2D eigenvalue weighted by atomic mass is 32.2. The number of carbonyl (C=O) groups is 1. The van der Waals surface area contributed by atoms with Crippen molar-refractivity contribution in [3.63, 3.8) is 0 Å². The van der Waals surface area contributed by atoms with Gasteiger partial charge < -0.3 is 15.8 Å². The summed E-state index contributed by atoms with van der Waals surface area (Å²) < 4.78 is 15.7. The number of esters is 1. The molecule has 2 atom stereocenters. The minimum atomic E-state index is -0.795. The van der Waals surface area contributed by atoms with Gasteiger partial charge in [-0.1, -0.05) is 0 Å². The van der Waals surface area contributed by atoms with E-state index in [0.29, 0.717) is 17.0 Å². The molecule has 0 aromatic heterocycles. The van der Waals surface area contributed by atoms with Gasteiger partial charge in [0, 0.05) is 40.2 Å². The maximum absolute atomic E-state index is 11.5. The third kappa shape index (κ3) is 4.90. The van der Waals surface area contributed by atoms with E-state index in [-0.39, 0.29) is 6.04 Å². The van der Waals surface area contributed by atoms with Crippen LogP contribution in [0, 0.1) is 0 Å². The van der Waals surface area contributed by atoms with Crippen molar-refractivity contribution in [3.8, 4) is 0 Å². The van der Waals surface area contributed by atoms with Gasteiger partial charge in [-0.3, -0.25) is 4.21 Å². The van der Waals surface area contributed by atoms with Gasteiger partial charge in [0.15, 0.2) is 0 Å². The summed E-state index contributed by atoms with van der Waals surface area (Å²) in [5, 5.41) is 3.25. The van der Waals surface area contributed by atoms with E-state index in [9.17, 15) is 9.00 Å². The Balaban J connectivity index is 2.74. The van der Waals surface area contributed by atoms with E-state index < -0.39 is 16.8 Å². The maximum Gasteiger partial charge on any atom is 0.340 e. The Morgan fingerprint density at radius 2 is 2.21 bits per heavy atom. The lowest BCUT2D eigenvalue weighted by atomic mass is 10.1. The first-order chi connectivity index (χ1) is 8.93. The number of hydrogen-bond acceptors (Lipinski definition) is 5. The smallest absolute Gasteiger partial charge is 0.340 e. The number of ether oxygens (including phenoxy) is 1. The lowest BCUT2D eigenvalue weighted by Gasteiger charge is -2.15. The van der Waals surface area contributed by atoms with Crippen LogP contribution >= 0.6 is 0 Å². The fourth-order valence-electron chi connectivity index (χ4n) is 1.63. The molecule has 0 radical (unpaired) electrons. The lowest BCUT2D eigenvalue weighted by Crippen LogP contribution is -2.18. The molecule has 1 aromatic carbocycles. The van der Waals surface area contributed by atoms with Gasteiger partial charge in [0.05, 0.1) is 12.7 Å². The first-order valence-corrected chi connectivity index (χ1v) is 7.71. The molecule has 0 aliphatic rings. The topological polar surface area (TPSA) is 81.4 Å². The summed E-state index contributed by atoms with van der Waals surface area (Å²) in [6.07, 6.45) is 2.48. The summed E-state index contributed by atoms with van der Waals surface area (Å²) in [4.78, 5) is 11.5. The molecule has 0 heterocycles. The first kappa shape index (κ1) is 15.5. The molecule has 5 nitrogen and oxygen atoms in total. The van der Waals surface area contributed by atoms with Crippen molar-refractivity contribution in [2.75, 3.05) is 30.2 Å². The predicted octanol–water partition coefficient (Wildman–Crippen LogP) is 1.62. The molecule has 106 valence electrons. The van der Waals surface area contributed by atoms with Gasteiger partial charge >= 0.3 is 5.97 Å². The van der Waals surface area contributed by atoms with Crippen LogP contribution in [0.4, 0.5) is 11.4 Å². The van der Waals surface area contributed by atoms with Gasteiger partial charge in [0.25, 0.3) is 0 Å². The first-order valence-electron chi connectivity index (χ1n) is 5.98. The van der Waals surface area contributed by atoms with E-state index in [1.807, 2.05) is 6.92 Å². The van der Waals surface area contributed by atoms with Crippen LogP contribution in [0.2, 0.25) is 0 Å². The molecule has 0 amide bonds. The number of nitrogens with two attached hydrogens (primary N) is 1. The quantitative estimate of drug-likeness (QED) is 0.613. The van der Waals surface area contributed by atoms with Gasteiger partial charge in [-0.05, 0) is 31.5 Å². The second-order valence-corrected chi connectivity index (χ2v) is 5.96. The highest BCUT2D eigenvalue weighted by molar-refractivity contribution is 7.84. The number of nitrogens with one attached hydrogen (secondary N) is 1. The molecule has 0 aliphatic carbocycles. The van der Waals surface area contributed by atoms with Crippen LogP contribution < -0.4 is 11.1 Å². The number of nitrogen functional groups attached to an aromatic ring is 1. The van der Waals surface area contributed by atoms with E-state index in [4.69, 9.17) is 5.73 Å². The Labute approximate surface area is 116 Å². The molecule has 3 N–H and O–H groups in total. The summed E-state index contributed by atoms with van der Waals surface area (Å²) in [7, 11) is 0.525. The van der Waals surface area contributed by atoms with Gasteiger partial charge in [-0.25, -0.2) is 4.79 Å². The molecule has 2 unspecified atom stereocenters. The third-order valence-corrected chi connectivity index (χ3v) is 3.52. The van der Waals surface area contributed by atoms with Gasteiger partial charge in [-0.2, -0.15) is 0 Å². The van der Waals surface area contributed by atoms with E-state index >= 15 is 0 Å². The molecule has 0 saturated carbocycles. The Morgan fingerprint density at radius 3 is 2.79 bits per heavy atom. The highest BCUT2D eigenvalue weighted by Crippen LogP contribution is 2.19. The number of rotatable bonds is 6. The van der Waals surface area contributed by atoms with Crippen molar-refractivity contribution in [2.45, 2.75) is 19.4 Å². The standard InChI is InChI=1S/C13H20N2O3S/c1-9(6-7-19(3)17)15-10-4-5-12(14)11(8-10)13(16)18-2/h4-5,8-9,15H,6-7,14H2,1-3H3. The zero-order valence-electron chi connectivity index (χ0n) is 11.4. The van der Waals surface area contributed by atoms with E-state index in [0.717, 1.165) is 12.1 Å². The Bertz CT molecular complexity index is 477. The molecule has 0 fully saturated rings. The molecular weight excluding hydrogens is 264 g/mol. The highest BCUT2D eigenvalue weighted by Gasteiger charge is 2.11. The fourth-order valence-corrected chi connectivity index (χ4v) is 2.32. The van der Waals surface area contributed by atoms with Crippen LogP contribution in [-0.4, -0.2) is 35.3 Å². The largest absolute Gasteiger partial charge is 0.465 e. The Morgan fingerprint density at radius 1 is 1.53 bits per heavy atom. The van der Waals surface area contributed by atoms with Crippen LogP contribution in [0.1, 0.15) is 23.7 Å². The summed E-state index contributed by atoms with van der Waals surface area (Å²) in [6, 6.07) is 5.30. The Kier molecular flexibility index (Phi) is 5.82. The van der Waals surface area contributed by atoms with Gasteiger partial charge in [-0.15, -0.1) is 0 Å². The minimum absolute atomic E-state index is 0.165. The van der Waals surface area contributed by atoms with E-state index in [1.54, 1.807) is 24.5 Å². The van der Waals surface area contributed by atoms with E-state index in [2.05, 4.69) is 10.1 Å². The molecule has 0 aliphatic heterocycles. The van der Waals surface area contributed by atoms with Gasteiger partial charge in [0.1, 0.15) is 0 Å². The SMILES string of the molecule is COC(=O)c1cc(NC(C)CCS(C)=O)ccc1N. The predicted molar refractivity (Wildman–Crippen MR) is 78.8 cm³/mol. The van der Waals surface area contributed by atoms with Crippen molar-refractivity contribution in [1.82, 2.24) is 0 Å². The monoisotopic (exact) mass is 284 g/mol. The second-order valence-electron chi connectivity index (χ2n) is 4.40. The van der Waals surface area contributed by atoms with Crippen LogP contribution in [-0.2, 0) is 15.5 Å². The third-order valence-electron chi connectivity index (χ3n) is 2.71.